The van der Waals surface area contributed by atoms with Crippen molar-refractivity contribution in [3.8, 4) is 0 Å². The van der Waals surface area contributed by atoms with Crippen molar-refractivity contribution in [2.75, 3.05) is 0 Å². The van der Waals surface area contributed by atoms with E-state index in [-0.39, 0.29) is 4.75 Å². The molecule has 82 valence electrons. The van der Waals surface area contributed by atoms with Crippen LogP contribution in [0.15, 0.2) is 16.8 Å². The molecule has 0 saturated carbocycles. The molecular formula is C10H15N3OS. The fraction of sp³-hybridized carbons (Fsp3) is 0.500. The van der Waals surface area contributed by atoms with Gasteiger partial charge < -0.3 is 4.55 Å². The van der Waals surface area contributed by atoms with Crippen LogP contribution in [-0.2, 0) is 11.4 Å². The highest BCUT2D eigenvalue weighted by atomic mass is 32.2. The Balaban J connectivity index is 2.79. The predicted octanol–water partition coefficient (Wildman–Crippen LogP) is 1.67. The Kier molecular flexibility index (Phi) is 3.82. The molecular weight excluding hydrogens is 210 g/mol. The van der Waals surface area contributed by atoms with Crippen LogP contribution in [-0.4, -0.2) is 25.5 Å². The molecule has 0 radical (unpaired) electrons. The zero-order valence-electron chi connectivity index (χ0n) is 9.39. The summed E-state index contributed by atoms with van der Waals surface area (Å²) in [4.78, 5) is 8.15. The molecule has 4 nitrogen and oxygen atoms in total. The van der Waals surface area contributed by atoms with Crippen LogP contribution in [0, 0.1) is 6.92 Å². The van der Waals surface area contributed by atoms with E-state index in [1.54, 1.807) is 12.4 Å². The maximum atomic E-state index is 11.6. The van der Waals surface area contributed by atoms with Gasteiger partial charge in [0, 0.05) is 12.4 Å². The van der Waals surface area contributed by atoms with E-state index < -0.39 is 11.4 Å². The average molecular weight is 225 g/mol. The first-order chi connectivity index (χ1) is 6.91. The van der Waals surface area contributed by atoms with Gasteiger partial charge in [-0.1, -0.05) is 4.40 Å². The second-order valence-electron chi connectivity index (χ2n) is 4.12. The molecule has 1 rings (SSSR count). The van der Waals surface area contributed by atoms with E-state index in [0.29, 0.717) is 5.69 Å². The summed E-state index contributed by atoms with van der Waals surface area (Å²) in [5.74, 6) is 0. The van der Waals surface area contributed by atoms with Crippen molar-refractivity contribution in [1.29, 1.82) is 0 Å². The molecule has 0 aromatic carbocycles. The standard InChI is InChI=1S/C10H15N3OS/c1-8-9(12-6-5-11-8)7-13-15(14)10(2,3)4/h5-7H,1-4H3/b13-7+. The highest BCUT2D eigenvalue weighted by Gasteiger charge is 2.25. The lowest BCUT2D eigenvalue weighted by Gasteiger charge is -2.17. The monoisotopic (exact) mass is 225 g/mol. The second-order valence-corrected chi connectivity index (χ2v) is 6.06. The Morgan fingerprint density at radius 1 is 1.33 bits per heavy atom. The van der Waals surface area contributed by atoms with Gasteiger partial charge in [-0.05, 0) is 27.7 Å². The Labute approximate surface area is 93.2 Å². The van der Waals surface area contributed by atoms with Crippen LogP contribution in [0.3, 0.4) is 0 Å². The summed E-state index contributed by atoms with van der Waals surface area (Å²) in [5, 5.41) is 0. The molecule has 0 saturated heterocycles. The van der Waals surface area contributed by atoms with Gasteiger partial charge >= 0.3 is 0 Å². The van der Waals surface area contributed by atoms with Crippen molar-refractivity contribution in [3.05, 3.63) is 23.8 Å². The first-order valence-corrected chi connectivity index (χ1v) is 5.75. The van der Waals surface area contributed by atoms with E-state index in [2.05, 4.69) is 14.4 Å². The lowest BCUT2D eigenvalue weighted by Crippen LogP contribution is -2.25. The molecule has 5 heteroatoms. The highest BCUT2D eigenvalue weighted by Crippen LogP contribution is 2.16. The first kappa shape index (κ1) is 12.1. The minimum Gasteiger partial charge on any atom is -0.591 e. The number of aryl methyl sites for hydroxylation is 1. The number of nitrogens with zero attached hydrogens (tertiary/aromatic N) is 3. The lowest BCUT2D eigenvalue weighted by molar-refractivity contribution is 0.562. The normalized spacial score (nSPS) is 14.5. The molecule has 0 aliphatic carbocycles. The number of aromatic nitrogens is 2. The van der Waals surface area contributed by atoms with Gasteiger partial charge in [0.25, 0.3) is 0 Å². The van der Waals surface area contributed by atoms with Gasteiger partial charge in [-0.3, -0.25) is 9.97 Å². The third-order valence-electron chi connectivity index (χ3n) is 1.71. The largest absolute Gasteiger partial charge is 0.591 e. The summed E-state index contributed by atoms with van der Waals surface area (Å²) in [6.45, 7) is 7.48. The van der Waals surface area contributed by atoms with Gasteiger partial charge in [-0.15, -0.1) is 0 Å². The van der Waals surface area contributed by atoms with Gasteiger partial charge in [0.2, 0.25) is 0 Å². The van der Waals surface area contributed by atoms with Crippen molar-refractivity contribution >= 4 is 17.6 Å². The zero-order chi connectivity index (χ0) is 11.5. The molecule has 1 aromatic rings. The average Bonchev–Trinajstić information content (AvgIpc) is 2.14. The Hall–Kier alpha value is -0.940. The van der Waals surface area contributed by atoms with Crippen LogP contribution < -0.4 is 0 Å². The molecule has 0 N–H and O–H groups in total. The maximum absolute atomic E-state index is 11.6. The zero-order valence-corrected chi connectivity index (χ0v) is 10.2. The maximum Gasteiger partial charge on any atom is 0.144 e. The van der Waals surface area contributed by atoms with E-state index in [0.717, 1.165) is 5.69 Å². The van der Waals surface area contributed by atoms with E-state index >= 15 is 0 Å². The fourth-order valence-electron chi connectivity index (χ4n) is 0.801. The van der Waals surface area contributed by atoms with Gasteiger partial charge in [-0.2, -0.15) is 0 Å². The minimum atomic E-state index is -1.24. The van der Waals surface area contributed by atoms with E-state index in [4.69, 9.17) is 0 Å². The van der Waals surface area contributed by atoms with Crippen LogP contribution in [0.2, 0.25) is 0 Å². The Bertz CT molecular complexity index is 360. The lowest BCUT2D eigenvalue weighted by atomic mass is 10.3. The molecule has 0 amide bonds. The van der Waals surface area contributed by atoms with Crippen molar-refractivity contribution in [1.82, 2.24) is 9.97 Å². The molecule has 0 aliphatic heterocycles. The molecule has 0 spiro atoms. The van der Waals surface area contributed by atoms with Crippen LogP contribution >= 0.6 is 0 Å². The quantitative estimate of drug-likeness (QED) is 0.568. The fourth-order valence-corrected chi connectivity index (χ4v) is 1.31. The van der Waals surface area contributed by atoms with Crippen LogP contribution in [0.25, 0.3) is 0 Å². The molecule has 15 heavy (non-hydrogen) atoms. The third kappa shape index (κ3) is 3.60. The second kappa shape index (κ2) is 4.72. The molecule has 0 fully saturated rings. The number of hydrogen-bond donors (Lipinski definition) is 0. The predicted molar refractivity (Wildman–Crippen MR) is 62.3 cm³/mol. The van der Waals surface area contributed by atoms with Gasteiger partial charge in [-0.25, -0.2) is 0 Å². The number of hydrogen-bond acceptors (Lipinski definition) is 4. The van der Waals surface area contributed by atoms with E-state index in [1.165, 1.54) is 6.21 Å². The summed E-state index contributed by atoms with van der Waals surface area (Å²) in [7, 11) is 0. The van der Waals surface area contributed by atoms with Gasteiger partial charge in [0.15, 0.2) is 0 Å². The van der Waals surface area contributed by atoms with E-state index in [1.807, 2.05) is 27.7 Å². The highest BCUT2D eigenvalue weighted by molar-refractivity contribution is 7.91. The van der Waals surface area contributed by atoms with E-state index in [9.17, 15) is 4.55 Å². The molecule has 1 heterocycles. The van der Waals surface area contributed by atoms with Gasteiger partial charge in [0.05, 0.1) is 5.69 Å². The molecule has 0 bridgehead atoms. The first-order valence-electron chi connectivity index (χ1n) is 4.65. The van der Waals surface area contributed by atoms with Crippen LogP contribution in [0.1, 0.15) is 32.2 Å². The van der Waals surface area contributed by atoms with Crippen molar-refractivity contribution in [2.45, 2.75) is 32.4 Å². The number of rotatable bonds is 2. The molecule has 1 aromatic heterocycles. The van der Waals surface area contributed by atoms with Crippen LogP contribution in [0.5, 0.6) is 0 Å². The van der Waals surface area contributed by atoms with Crippen molar-refractivity contribution in [3.63, 3.8) is 0 Å². The van der Waals surface area contributed by atoms with Crippen LogP contribution in [0.4, 0.5) is 0 Å². The SMILES string of the molecule is Cc1nccnc1/C=N/[S+]([O-])C(C)(C)C. The Morgan fingerprint density at radius 3 is 2.47 bits per heavy atom. The summed E-state index contributed by atoms with van der Waals surface area (Å²) >= 11 is -1.24. The minimum absolute atomic E-state index is 0.341. The molecule has 0 aliphatic rings. The summed E-state index contributed by atoms with van der Waals surface area (Å²) in [6.07, 6.45) is 4.73. The molecule has 1 atom stereocenters. The van der Waals surface area contributed by atoms with Crippen molar-refractivity contribution < 1.29 is 4.55 Å². The summed E-state index contributed by atoms with van der Waals surface area (Å²) < 4.78 is 15.2. The summed E-state index contributed by atoms with van der Waals surface area (Å²) in [6, 6.07) is 0. The smallest absolute Gasteiger partial charge is 0.144 e. The Morgan fingerprint density at radius 2 is 1.93 bits per heavy atom. The topological polar surface area (TPSA) is 61.2 Å². The van der Waals surface area contributed by atoms with Crippen molar-refractivity contribution in [2.24, 2.45) is 4.40 Å². The van der Waals surface area contributed by atoms with Gasteiger partial charge in [0.1, 0.15) is 28.0 Å². The summed E-state index contributed by atoms with van der Waals surface area (Å²) in [5.41, 5.74) is 1.45. The third-order valence-corrected chi connectivity index (χ3v) is 3.06. The molecule has 1 unspecified atom stereocenters.